The molecule has 0 unspecified atom stereocenters. The van der Waals surface area contributed by atoms with Crippen molar-refractivity contribution in [2.24, 2.45) is 0 Å². The van der Waals surface area contributed by atoms with Gasteiger partial charge in [0.25, 0.3) is 10.0 Å². The van der Waals surface area contributed by atoms with Crippen LogP contribution in [0, 0.1) is 6.92 Å². The molecule has 0 radical (unpaired) electrons. The van der Waals surface area contributed by atoms with E-state index in [1.54, 1.807) is 35.7 Å². The van der Waals surface area contributed by atoms with Crippen molar-refractivity contribution in [3.05, 3.63) is 87.9 Å². The topological polar surface area (TPSA) is 76.6 Å². The summed E-state index contributed by atoms with van der Waals surface area (Å²) in [5, 5.41) is 2.75. The van der Waals surface area contributed by atoms with Gasteiger partial charge in [-0.25, -0.2) is 18.2 Å². The van der Waals surface area contributed by atoms with Crippen LogP contribution in [0.5, 0.6) is 0 Å². The van der Waals surface area contributed by atoms with E-state index in [9.17, 15) is 13.2 Å². The summed E-state index contributed by atoms with van der Waals surface area (Å²) in [5.41, 5.74) is 1.07. The predicted octanol–water partition coefficient (Wildman–Crippen LogP) is 4.84. The van der Waals surface area contributed by atoms with E-state index in [1.807, 2.05) is 6.92 Å². The Morgan fingerprint density at radius 3 is 2.63 bits per heavy atom. The molecule has 3 aromatic rings. The fourth-order valence-electron chi connectivity index (χ4n) is 2.69. The average molecular weight is 463 g/mol. The number of rotatable bonds is 8. The number of carbonyl (C=O) groups excluding carboxylic acids is 1. The Labute approximate surface area is 184 Å². The Morgan fingerprint density at radius 1 is 1.27 bits per heavy atom. The minimum Gasteiger partial charge on any atom is -0.456 e. The molecule has 3 rings (SSSR count). The summed E-state index contributed by atoms with van der Waals surface area (Å²) in [4.78, 5) is 16.7. The highest BCUT2D eigenvalue weighted by Crippen LogP contribution is 2.27. The highest BCUT2D eigenvalue weighted by atomic mass is 35.5. The molecule has 0 N–H and O–H groups in total. The largest absolute Gasteiger partial charge is 0.456 e. The van der Waals surface area contributed by atoms with E-state index in [1.165, 1.54) is 39.9 Å². The van der Waals surface area contributed by atoms with Gasteiger partial charge in [-0.05, 0) is 37.3 Å². The molecule has 6 nitrogen and oxygen atoms in total. The lowest BCUT2D eigenvalue weighted by Crippen LogP contribution is -2.31. The number of ether oxygens (including phenoxy) is 1. The maximum absolute atomic E-state index is 13.3. The van der Waals surface area contributed by atoms with E-state index < -0.39 is 16.0 Å². The van der Waals surface area contributed by atoms with Crippen molar-refractivity contribution in [1.82, 2.24) is 4.98 Å². The Morgan fingerprint density at radius 2 is 2.00 bits per heavy atom. The highest BCUT2D eigenvalue weighted by molar-refractivity contribution is 7.92. The van der Waals surface area contributed by atoms with Crippen molar-refractivity contribution in [3.63, 3.8) is 0 Å². The van der Waals surface area contributed by atoms with Gasteiger partial charge in [0.15, 0.2) is 0 Å². The second-order valence-corrected chi connectivity index (χ2v) is 9.57. The summed E-state index contributed by atoms with van der Waals surface area (Å²) in [6.07, 6.45) is 1.49. The Balaban J connectivity index is 1.90. The zero-order chi connectivity index (χ0) is 21.7. The van der Waals surface area contributed by atoms with Gasteiger partial charge in [-0.3, -0.25) is 4.31 Å². The Hall–Kier alpha value is -2.68. The molecule has 0 aliphatic carbocycles. The summed E-state index contributed by atoms with van der Waals surface area (Å²) < 4.78 is 33.0. The van der Waals surface area contributed by atoms with Crippen LogP contribution in [0.2, 0.25) is 5.02 Å². The number of halogens is 1. The van der Waals surface area contributed by atoms with Crippen molar-refractivity contribution in [3.8, 4) is 0 Å². The van der Waals surface area contributed by atoms with Crippen molar-refractivity contribution in [1.29, 1.82) is 0 Å². The molecular weight excluding hydrogens is 444 g/mol. The molecule has 0 saturated carbocycles. The molecule has 0 atom stereocenters. The molecule has 156 valence electrons. The van der Waals surface area contributed by atoms with Crippen LogP contribution >= 0.6 is 22.9 Å². The standard InChI is InChI=1S/C21H19ClN2O4S2/c1-3-11-24(17-7-5-4-6-8-17)30(26,27)18-9-10-20(22)19(12-18)21(25)28-13-16-14-29-15(2)23-16/h3-10,12,14H,1,11,13H2,2H3. The van der Waals surface area contributed by atoms with Crippen LogP contribution in [0.1, 0.15) is 21.1 Å². The molecule has 1 heterocycles. The second-order valence-electron chi connectivity index (χ2n) is 6.24. The van der Waals surface area contributed by atoms with Gasteiger partial charge >= 0.3 is 5.97 Å². The number of anilines is 1. The third kappa shape index (κ3) is 4.89. The van der Waals surface area contributed by atoms with Crippen LogP contribution in [-0.2, 0) is 21.4 Å². The van der Waals surface area contributed by atoms with Crippen LogP contribution < -0.4 is 4.31 Å². The summed E-state index contributed by atoms with van der Waals surface area (Å²) in [6.45, 7) is 5.53. The first-order valence-electron chi connectivity index (χ1n) is 8.89. The monoisotopic (exact) mass is 462 g/mol. The lowest BCUT2D eigenvalue weighted by molar-refractivity contribution is 0.0468. The zero-order valence-corrected chi connectivity index (χ0v) is 18.5. The maximum atomic E-state index is 13.3. The van der Waals surface area contributed by atoms with Gasteiger partial charge in [-0.2, -0.15) is 0 Å². The number of benzene rings is 2. The number of aryl methyl sites for hydroxylation is 1. The number of sulfonamides is 1. The number of nitrogens with zero attached hydrogens (tertiary/aromatic N) is 2. The van der Waals surface area contributed by atoms with Crippen molar-refractivity contribution < 1.29 is 17.9 Å². The number of aromatic nitrogens is 1. The third-order valence-corrected chi connectivity index (χ3v) is 7.04. The lowest BCUT2D eigenvalue weighted by atomic mass is 10.2. The minimum atomic E-state index is -3.97. The highest BCUT2D eigenvalue weighted by Gasteiger charge is 2.26. The normalized spacial score (nSPS) is 11.1. The number of esters is 1. The van der Waals surface area contributed by atoms with Gasteiger partial charge < -0.3 is 4.74 Å². The van der Waals surface area contributed by atoms with Crippen molar-refractivity contribution >= 4 is 44.6 Å². The predicted molar refractivity (Wildman–Crippen MR) is 119 cm³/mol. The van der Waals surface area contributed by atoms with Crippen LogP contribution in [-0.4, -0.2) is 25.9 Å². The first-order valence-corrected chi connectivity index (χ1v) is 11.6. The van der Waals surface area contributed by atoms with E-state index in [0.717, 1.165) is 5.01 Å². The smallest absolute Gasteiger partial charge is 0.340 e. The molecular formula is C21H19ClN2O4S2. The molecule has 2 aromatic carbocycles. The van der Waals surface area contributed by atoms with E-state index >= 15 is 0 Å². The molecule has 9 heteroatoms. The summed E-state index contributed by atoms with van der Waals surface area (Å²) in [6, 6.07) is 12.6. The fourth-order valence-corrected chi connectivity index (χ4v) is 4.95. The quantitative estimate of drug-likeness (QED) is 0.353. The van der Waals surface area contributed by atoms with Crippen molar-refractivity contribution in [2.45, 2.75) is 18.4 Å². The van der Waals surface area contributed by atoms with Crippen LogP contribution in [0.25, 0.3) is 0 Å². The van der Waals surface area contributed by atoms with Gasteiger partial charge in [0, 0.05) is 5.38 Å². The SMILES string of the molecule is C=CCN(c1ccccc1)S(=O)(=O)c1ccc(Cl)c(C(=O)OCc2csc(C)n2)c1. The molecule has 0 aliphatic heterocycles. The number of thiazole rings is 1. The van der Waals surface area contributed by atoms with Crippen LogP contribution in [0.15, 0.2) is 71.5 Å². The lowest BCUT2D eigenvalue weighted by Gasteiger charge is -2.23. The number of hydrogen-bond donors (Lipinski definition) is 0. The Kier molecular flexibility index (Phi) is 6.91. The molecule has 0 bridgehead atoms. The molecule has 0 aliphatic rings. The van der Waals surface area contributed by atoms with Crippen LogP contribution in [0.4, 0.5) is 5.69 Å². The maximum Gasteiger partial charge on any atom is 0.340 e. The molecule has 30 heavy (non-hydrogen) atoms. The minimum absolute atomic E-state index is 0.0247. The number of para-hydroxylation sites is 1. The fraction of sp³-hybridized carbons (Fsp3) is 0.143. The van der Waals surface area contributed by atoms with E-state index in [-0.39, 0.29) is 28.6 Å². The van der Waals surface area contributed by atoms with E-state index in [4.69, 9.17) is 16.3 Å². The average Bonchev–Trinajstić information content (AvgIpc) is 3.16. The summed E-state index contributed by atoms with van der Waals surface area (Å²) in [7, 11) is -3.97. The Bertz CT molecular complexity index is 1160. The summed E-state index contributed by atoms with van der Waals surface area (Å²) in [5.74, 6) is -0.724. The molecule has 1 aromatic heterocycles. The van der Waals surface area contributed by atoms with E-state index in [0.29, 0.717) is 11.4 Å². The molecule has 0 saturated heterocycles. The second kappa shape index (κ2) is 9.42. The first kappa shape index (κ1) is 22.0. The number of carbonyl (C=O) groups is 1. The zero-order valence-electron chi connectivity index (χ0n) is 16.1. The van der Waals surface area contributed by atoms with Crippen molar-refractivity contribution in [2.75, 3.05) is 10.8 Å². The van der Waals surface area contributed by atoms with Crippen LogP contribution in [0.3, 0.4) is 0 Å². The van der Waals surface area contributed by atoms with Gasteiger partial charge in [0.05, 0.1) is 38.4 Å². The molecule has 0 fully saturated rings. The van der Waals surface area contributed by atoms with Gasteiger partial charge in [0.1, 0.15) is 6.61 Å². The van der Waals surface area contributed by atoms with Gasteiger partial charge in [-0.1, -0.05) is 35.9 Å². The molecule has 0 amide bonds. The first-order chi connectivity index (χ1) is 14.3. The van der Waals surface area contributed by atoms with Gasteiger partial charge in [-0.15, -0.1) is 17.9 Å². The van der Waals surface area contributed by atoms with Gasteiger partial charge in [0.2, 0.25) is 0 Å². The van der Waals surface area contributed by atoms with E-state index in [2.05, 4.69) is 11.6 Å². The third-order valence-electron chi connectivity index (χ3n) is 4.10. The molecule has 0 spiro atoms. The summed E-state index contributed by atoms with van der Waals surface area (Å²) >= 11 is 7.59. The number of hydrogen-bond acceptors (Lipinski definition) is 6.